The second kappa shape index (κ2) is 7.17. The van der Waals surface area contributed by atoms with Gasteiger partial charge < -0.3 is 15.4 Å². The molecule has 138 valence electrons. The summed E-state index contributed by atoms with van der Waals surface area (Å²) >= 11 is 0. The molecule has 1 aromatic rings. The number of benzene rings is 1. The second-order valence-electron chi connectivity index (χ2n) is 4.76. The molecule has 0 radical (unpaired) electrons. The van der Waals surface area contributed by atoms with Gasteiger partial charge in [0.1, 0.15) is 0 Å². The van der Waals surface area contributed by atoms with E-state index < -0.39 is 24.8 Å². The van der Waals surface area contributed by atoms with Crippen LogP contribution in [0.3, 0.4) is 0 Å². The lowest BCUT2D eigenvalue weighted by molar-refractivity contribution is -0.331. The largest absolute Gasteiger partial charge is 0.423 e. The molecule has 1 atom stereocenters. The molecule has 0 bridgehead atoms. The van der Waals surface area contributed by atoms with Crippen LogP contribution < -0.4 is 16.0 Å². The molecule has 3 N–H and O–H groups in total. The molecule has 0 spiro atoms. The monoisotopic (exact) mass is 369 g/mol. The van der Waals surface area contributed by atoms with Gasteiger partial charge in [0.25, 0.3) is 6.10 Å². The van der Waals surface area contributed by atoms with E-state index in [1.54, 1.807) is 30.3 Å². The van der Waals surface area contributed by atoms with Crippen molar-refractivity contribution in [1.82, 2.24) is 10.6 Å². The van der Waals surface area contributed by atoms with Gasteiger partial charge in [-0.25, -0.2) is 0 Å². The Bertz CT molecular complexity index is 629. The molecule has 1 aliphatic rings. The van der Waals surface area contributed by atoms with E-state index in [0.717, 1.165) is 0 Å². The van der Waals surface area contributed by atoms with Crippen molar-refractivity contribution in [3.05, 3.63) is 30.3 Å². The first-order valence-corrected chi connectivity index (χ1v) is 6.78. The number of ether oxygens (including phenoxy) is 1. The fraction of sp³-hybridized carbons (Fsp3) is 0.385. The number of hydrogen-bond donors (Lipinski definition) is 3. The summed E-state index contributed by atoms with van der Waals surface area (Å²) in [4.78, 5) is 7.27. The number of aliphatic imine (C=N–C) groups is 2. The summed E-state index contributed by atoms with van der Waals surface area (Å²) in [5, 5.41) is 7.45. The van der Waals surface area contributed by atoms with Crippen LogP contribution in [-0.2, 0) is 4.74 Å². The Morgan fingerprint density at radius 2 is 1.72 bits per heavy atom. The van der Waals surface area contributed by atoms with Crippen molar-refractivity contribution in [3.63, 3.8) is 0 Å². The molecular formula is C13H13F6N5O. The normalized spacial score (nSPS) is 20.1. The number of nitrogens with one attached hydrogen (secondary N) is 3. The molecule has 0 saturated carbocycles. The molecule has 1 unspecified atom stereocenters. The predicted octanol–water partition coefficient (Wildman–Crippen LogP) is 2.43. The first kappa shape index (κ1) is 18.8. The summed E-state index contributed by atoms with van der Waals surface area (Å²) in [7, 11) is 1.28. The topological polar surface area (TPSA) is 70.0 Å². The maximum Gasteiger partial charge on any atom is 0.423 e. The van der Waals surface area contributed by atoms with Gasteiger partial charge in [0.2, 0.25) is 18.3 Å². The third-order valence-electron chi connectivity index (χ3n) is 2.86. The molecule has 25 heavy (non-hydrogen) atoms. The second-order valence-corrected chi connectivity index (χ2v) is 4.76. The molecule has 2 rings (SSSR count). The van der Waals surface area contributed by atoms with Crippen LogP contribution in [0.2, 0.25) is 0 Å². The van der Waals surface area contributed by atoms with Crippen molar-refractivity contribution in [3.8, 4) is 0 Å². The average molecular weight is 369 g/mol. The van der Waals surface area contributed by atoms with Crippen LogP contribution in [-0.4, -0.2) is 43.8 Å². The molecule has 0 saturated heterocycles. The minimum absolute atomic E-state index is 0.110. The smallest absolute Gasteiger partial charge is 0.326 e. The molecular weight excluding hydrogens is 356 g/mol. The molecule has 1 aromatic carbocycles. The van der Waals surface area contributed by atoms with Crippen LogP contribution in [0.25, 0.3) is 0 Å². The average Bonchev–Trinajstić information content (AvgIpc) is 2.51. The van der Waals surface area contributed by atoms with Gasteiger partial charge in [-0.05, 0) is 12.1 Å². The number of para-hydroxylation sites is 1. The van der Waals surface area contributed by atoms with Crippen molar-refractivity contribution in [2.45, 2.75) is 24.8 Å². The Labute approximate surface area is 138 Å². The third-order valence-corrected chi connectivity index (χ3v) is 2.86. The molecule has 0 aromatic heterocycles. The van der Waals surface area contributed by atoms with Crippen molar-refractivity contribution >= 4 is 17.6 Å². The number of halogens is 6. The lowest BCUT2D eigenvalue weighted by Gasteiger charge is -2.30. The summed E-state index contributed by atoms with van der Waals surface area (Å²) in [6, 6.07) is 8.33. The molecule has 12 heteroatoms. The zero-order valence-corrected chi connectivity index (χ0v) is 12.6. The number of nitrogens with zero attached hydrogens (tertiary/aromatic N) is 2. The van der Waals surface area contributed by atoms with Gasteiger partial charge in [0.15, 0.2) is 0 Å². The van der Waals surface area contributed by atoms with Crippen LogP contribution in [0, 0.1) is 0 Å². The maximum atomic E-state index is 12.6. The Kier molecular flexibility index (Phi) is 5.40. The van der Waals surface area contributed by atoms with E-state index in [1.165, 1.54) is 7.05 Å². The van der Waals surface area contributed by atoms with Crippen molar-refractivity contribution in [2.24, 2.45) is 9.98 Å². The van der Waals surface area contributed by atoms with Crippen LogP contribution in [0.5, 0.6) is 0 Å². The lowest BCUT2D eigenvalue weighted by Crippen LogP contribution is -2.57. The van der Waals surface area contributed by atoms with Crippen LogP contribution in [0.1, 0.15) is 0 Å². The number of guanidine groups is 2. The molecule has 0 amide bonds. The minimum Gasteiger partial charge on any atom is -0.326 e. The van der Waals surface area contributed by atoms with Crippen molar-refractivity contribution in [1.29, 1.82) is 0 Å². The Balaban J connectivity index is 2.21. The van der Waals surface area contributed by atoms with Gasteiger partial charge in [0, 0.05) is 12.7 Å². The Hall–Kier alpha value is -2.50. The van der Waals surface area contributed by atoms with Gasteiger partial charge in [0.05, 0.1) is 0 Å². The number of rotatable bonds is 3. The van der Waals surface area contributed by atoms with E-state index in [4.69, 9.17) is 0 Å². The van der Waals surface area contributed by atoms with Gasteiger partial charge in [-0.2, -0.15) is 31.3 Å². The summed E-state index contributed by atoms with van der Waals surface area (Å²) < 4.78 is 79.8. The van der Waals surface area contributed by atoms with Crippen molar-refractivity contribution < 1.29 is 31.1 Å². The minimum atomic E-state index is -5.64. The summed E-state index contributed by atoms with van der Waals surface area (Å²) in [5.41, 5.74) is 0.507. The number of hydrogen-bond acceptors (Lipinski definition) is 4. The van der Waals surface area contributed by atoms with Crippen LogP contribution >= 0.6 is 0 Å². The van der Waals surface area contributed by atoms with E-state index in [0.29, 0.717) is 5.69 Å². The highest BCUT2D eigenvalue weighted by Crippen LogP contribution is 2.36. The SMILES string of the molecule is CN=C1NC(Nc2ccccc2)=NC(OC(C(F)(F)F)C(F)(F)F)N1. The standard InChI is InChI=1S/C13H13F6N5O/c1-20-9-22-10(21-7-5-3-2-4-6-7)24-11(23-9)25-8(12(14,15)16)13(17,18)19/h2-6,8,11H,1H3,(H3,20,21,22,23,24). The molecule has 1 aliphatic heterocycles. The number of anilines is 1. The lowest BCUT2D eigenvalue weighted by atomic mass is 10.3. The Morgan fingerprint density at radius 3 is 2.24 bits per heavy atom. The molecule has 0 aliphatic carbocycles. The van der Waals surface area contributed by atoms with Gasteiger partial charge in [-0.3, -0.25) is 10.3 Å². The van der Waals surface area contributed by atoms with Gasteiger partial charge in [-0.1, -0.05) is 18.2 Å². The zero-order valence-electron chi connectivity index (χ0n) is 12.6. The summed E-state index contributed by atoms with van der Waals surface area (Å²) in [5.74, 6) is -0.236. The predicted molar refractivity (Wildman–Crippen MR) is 77.9 cm³/mol. The first-order valence-electron chi connectivity index (χ1n) is 6.78. The van der Waals surface area contributed by atoms with E-state index in [-0.39, 0.29) is 11.9 Å². The Morgan fingerprint density at radius 1 is 1.12 bits per heavy atom. The van der Waals surface area contributed by atoms with Gasteiger partial charge in [-0.15, -0.1) is 0 Å². The first-order chi connectivity index (χ1) is 11.6. The summed E-state index contributed by atoms with van der Waals surface area (Å²) in [6.45, 7) is 0. The van der Waals surface area contributed by atoms with Crippen LogP contribution in [0.15, 0.2) is 40.3 Å². The van der Waals surface area contributed by atoms with E-state index >= 15 is 0 Å². The van der Waals surface area contributed by atoms with E-state index in [1.807, 2.05) is 0 Å². The number of alkyl halides is 6. The third kappa shape index (κ3) is 5.24. The fourth-order valence-electron chi connectivity index (χ4n) is 1.82. The molecule has 6 nitrogen and oxygen atoms in total. The molecule has 1 heterocycles. The molecule has 0 fully saturated rings. The van der Waals surface area contributed by atoms with E-state index in [2.05, 4.69) is 30.7 Å². The van der Waals surface area contributed by atoms with Crippen LogP contribution in [0.4, 0.5) is 32.0 Å². The highest BCUT2D eigenvalue weighted by molar-refractivity contribution is 6.06. The maximum absolute atomic E-state index is 12.6. The summed E-state index contributed by atoms with van der Waals surface area (Å²) in [6.07, 6.45) is -17.2. The van der Waals surface area contributed by atoms with Crippen molar-refractivity contribution in [2.75, 3.05) is 12.4 Å². The highest BCUT2D eigenvalue weighted by atomic mass is 19.4. The zero-order chi connectivity index (χ0) is 18.7. The van der Waals surface area contributed by atoms with E-state index in [9.17, 15) is 26.3 Å². The fourth-order valence-corrected chi connectivity index (χ4v) is 1.82. The quantitative estimate of drug-likeness (QED) is 0.716. The van der Waals surface area contributed by atoms with Gasteiger partial charge >= 0.3 is 12.4 Å². The highest BCUT2D eigenvalue weighted by Gasteiger charge is 2.59.